The molecule has 1 amide bonds. The van der Waals surface area contributed by atoms with Crippen molar-refractivity contribution >= 4 is 29.1 Å². The molecule has 1 fully saturated rings. The van der Waals surface area contributed by atoms with Gasteiger partial charge in [-0.25, -0.2) is 4.98 Å². The number of carbonyl (C=O) groups is 1. The first kappa shape index (κ1) is 19.8. The van der Waals surface area contributed by atoms with Gasteiger partial charge in [0.1, 0.15) is 5.69 Å². The molecule has 0 unspecified atom stereocenters. The fourth-order valence-electron chi connectivity index (χ4n) is 3.33. The zero-order valence-corrected chi connectivity index (χ0v) is 17.3. The number of halogens is 2. The van der Waals surface area contributed by atoms with Crippen LogP contribution < -0.4 is 0 Å². The molecule has 2 aromatic heterocycles. The topological polar surface area (TPSA) is 85.0 Å². The SMILES string of the molecule is Cc1cnc(-c2nc(C3CCN(C(=O)Cc4ccc(Cl)c(Cl)c4)CC3)no2)cn1. The second-order valence-corrected chi connectivity index (χ2v) is 7.90. The molecule has 0 N–H and O–H groups in total. The normalized spacial score (nSPS) is 14.9. The third-order valence-corrected chi connectivity index (χ3v) is 5.73. The highest BCUT2D eigenvalue weighted by molar-refractivity contribution is 6.42. The molecule has 1 aliphatic rings. The minimum absolute atomic E-state index is 0.0746. The van der Waals surface area contributed by atoms with Crippen molar-refractivity contribution in [2.75, 3.05) is 13.1 Å². The van der Waals surface area contributed by atoms with Crippen molar-refractivity contribution in [2.24, 2.45) is 0 Å². The van der Waals surface area contributed by atoms with Gasteiger partial charge in [0.15, 0.2) is 5.82 Å². The van der Waals surface area contributed by atoms with Crippen LogP contribution in [0, 0.1) is 6.92 Å². The second kappa shape index (κ2) is 8.47. The summed E-state index contributed by atoms with van der Waals surface area (Å²) >= 11 is 12.0. The summed E-state index contributed by atoms with van der Waals surface area (Å²) in [5.41, 5.74) is 2.24. The molecule has 0 spiro atoms. The molecule has 0 radical (unpaired) electrons. The lowest BCUT2D eigenvalue weighted by molar-refractivity contribution is -0.131. The Bertz CT molecular complexity index is 1010. The second-order valence-electron chi connectivity index (χ2n) is 7.08. The molecule has 3 aromatic rings. The Morgan fingerprint density at radius 2 is 1.97 bits per heavy atom. The average molecular weight is 432 g/mol. The van der Waals surface area contributed by atoms with Crippen molar-refractivity contribution < 1.29 is 9.32 Å². The number of hydrogen-bond donors (Lipinski definition) is 0. The van der Waals surface area contributed by atoms with Crippen LogP contribution in [0.3, 0.4) is 0 Å². The number of rotatable bonds is 4. The molecule has 4 rings (SSSR count). The number of carbonyl (C=O) groups excluding carboxylic acids is 1. The van der Waals surface area contributed by atoms with Gasteiger partial charge in [-0.05, 0) is 37.5 Å². The molecule has 7 nitrogen and oxygen atoms in total. The van der Waals surface area contributed by atoms with E-state index in [0.29, 0.717) is 47.0 Å². The van der Waals surface area contributed by atoms with Crippen molar-refractivity contribution in [3.8, 4) is 11.6 Å². The lowest BCUT2D eigenvalue weighted by Crippen LogP contribution is -2.39. The zero-order chi connectivity index (χ0) is 20.4. The molecule has 0 saturated carbocycles. The maximum atomic E-state index is 12.6. The van der Waals surface area contributed by atoms with Gasteiger partial charge < -0.3 is 9.42 Å². The Hall–Kier alpha value is -2.51. The summed E-state index contributed by atoms with van der Waals surface area (Å²) in [4.78, 5) is 27.4. The molecule has 1 saturated heterocycles. The maximum Gasteiger partial charge on any atom is 0.278 e. The summed E-state index contributed by atoms with van der Waals surface area (Å²) in [6.07, 6.45) is 5.16. The van der Waals surface area contributed by atoms with E-state index in [9.17, 15) is 4.79 Å². The summed E-state index contributed by atoms with van der Waals surface area (Å²) in [6.45, 7) is 3.17. The average Bonchev–Trinajstić information content (AvgIpc) is 3.21. The van der Waals surface area contributed by atoms with Gasteiger partial charge in [-0.3, -0.25) is 9.78 Å². The minimum atomic E-state index is 0.0746. The Morgan fingerprint density at radius 3 is 2.66 bits per heavy atom. The number of aryl methyl sites for hydroxylation is 1. The number of likely N-dealkylation sites (tertiary alicyclic amines) is 1. The van der Waals surface area contributed by atoms with E-state index in [1.54, 1.807) is 24.5 Å². The van der Waals surface area contributed by atoms with Gasteiger partial charge in [0, 0.05) is 25.2 Å². The van der Waals surface area contributed by atoms with E-state index in [0.717, 1.165) is 24.1 Å². The van der Waals surface area contributed by atoms with Crippen LogP contribution in [0.5, 0.6) is 0 Å². The van der Waals surface area contributed by atoms with E-state index in [1.165, 1.54) is 0 Å². The number of benzene rings is 1. The van der Waals surface area contributed by atoms with Gasteiger partial charge in [0.25, 0.3) is 5.89 Å². The largest absolute Gasteiger partial charge is 0.342 e. The Balaban J connectivity index is 1.35. The first-order chi connectivity index (χ1) is 14.0. The van der Waals surface area contributed by atoms with Gasteiger partial charge >= 0.3 is 0 Å². The van der Waals surface area contributed by atoms with Crippen molar-refractivity contribution in [3.63, 3.8) is 0 Å². The van der Waals surface area contributed by atoms with Crippen LogP contribution in [-0.4, -0.2) is 44.0 Å². The fraction of sp³-hybridized carbons (Fsp3) is 0.350. The van der Waals surface area contributed by atoms with Crippen LogP contribution in [0.15, 0.2) is 35.1 Å². The maximum absolute atomic E-state index is 12.6. The van der Waals surface area contributed by atoms with Crippen LogP contribution in [0.4, 0.5) is 0 Å². The minimum Gasteiger partial charge on any atom is -0.342 e. The molecule has 29 heavy (non-hydrogen) atoms. The predicted molar refractivity (Wildman–Crippen MR) is 109 cm³/mol. The highest BCUT2D eigenvalue weighted by Gasteiger charge is 2.27. The van der Waals surface area contributed by atoms with Crippen molar-refractivity contribution in [1.29, 1.82) is 0 Å². The van der Waals surface area contributed by atoms with E-state index >= 15 is 0 Å². The van der Waals surface area contributed by atoms with E-state index in [2.05, 4.69) is 20.1 Å². The van der Waals surface area contributed by atoms with Gasteiger partial charge in [0.2, 0.25) is 5.91 Å². The molecular formula is C20H19Cl2N5O2. The van der Waals surface area contributed by atoms with Crippen LogP contribution in [0.1, 0.15) is 35.8 Å². The number of nitrogens with zero attached hydrogens (tertiary/aromatic N) is 5. The quantitative estimate of drug-likeness (QED) is 0.618. The fourth-order valence-corrected chi connectivity index (χ4v) is 3.65. The molecule has 0 aliphatic carbocycles. The molecule has 3 heterocycles. The van der Waals surface area contributed by atoms with Crippen molar-refractivity contribution in [3.05, 3.63) is 57.7 Å². The highest BCUT2D eigenvalue weighted by Crippen LogP contribution is 2.28. The molecule has 1 aliphatic heterocycles. The smallest absolute Gasteiger partial charge is 0.278 e. The van der Waals surface area contributed by atoms with Crippen molar-refractivity contribution in [1.82, 2.24) is 25.0 Å². The summed E-state index contributed by atoms with van der Waals surface area (Å²) in [7, 11) is 0. The van der Waals surface area contributed by atoms with E-state index in [1.807, 2.05) is 17.9 Å². The van der Waals surface area contributed by atoms with Crippen LogP contribution in [0.2, 0.25) is 10.0 Å². The summed E-state index contributed by atoms with van der Waals surface area (Å²) in [6, 6.07) is 5.28. The lowest BCUT2D eigenvalue weighted by atomic mass is 9.95. The Labute approximate surface area is 178 Å². The third kappa shape index (κ3) is 4.57. The number of piperidine rings is 1. The van der Waals surface area contributed by atoms with E-state index < -0.39 is 0 Å². The van der Waals surface area contributed by atoms with Crippen molar-refractivity contribution in [2.45, 2.75) is 32.1 Å². The molecule has 9 heteroatoms. The number of amides is 1. The summed E-state index contributed by atoms with van der Waals surface area (Å²) in [5, 5.41) is 5.06. The summed E-state index contributed by atoms with van der Waals surface area (Å²) in [5.74, 6) is 1.25. The molecule has 1 aromatic carbocycles. The van der Waals surface area contributed by atoms with E-state index in [4.69, 9.17) is 27.7 Å². The van der Waals surface area contributed by atoms with Crippen LogP contribution >= 0.6 is 23.2 Å². The molecule has 150 valence electrons. The molecular weight excluding hydrogens is 413 g/mol. The van der Waals surface area contributed by atoms with Gasteiger partial charge in [-0.2, -0.15) is 4.98 Å². The zero-order valence-electron chi connectivity index (χ0n) is 15.8. The van der Waals surface area contributed by atoms with E-state index in [-0.39, 0.29) is 11.8 Å². The standard InChI is InChI=1S/C20H19Cl2N5O2/c1-12-10-24-17(11-23-12)20-25-19(26-29-20)14-4-6-27(7-5-14)18(28)9-13-2-3-15(21)16(22)8-13/h2-3,8,10-11,14H,4-7,9H2,1H3. The van der Waals surface area contributed by atoms with Gasteiger partial charge in [-0.15, -0.1) is 0 Å². The first-order valence-corrected chi connectivity index (χ1v) is 10.1. The van der Waals surface area contributed by atoms with Gasteiger partial charge in [0.05, 0.1) is 28.4 Å². The highest BCUT2D eigenvalue weighted by atomic mass is 35.5. The molecule has 0 atom stereocenters. The number of aromatic nitrogens is 4. The summed E-state index contributed by atoms with van der Waals surface area (Å²) < 4.78 is 5.35. The Morgan fingerprint density at radius 1 is 1.17 bits per heavy atom. The van der Waals surface area contributed by atoms with Crippen LogP contribution in [0.25, 0.3) is 11.6 Å². The Kier molecular flexibility index (Phi) is 5.78. The lowest BCUT2D eigenvalue weighted by Gasteiger charge is -2.30. The van der Waals surface area contributed by atoms with Crippen LogP contribution in [-0.2, 0) is 11.2 Å². The number of hydrogen-bond acceptors (Lipinski definition) is 6. The third-order valence-electron chi connectivity index (χ3n) is 4.99. The predicted octanol–water partition coefficient (Wildman–Crippen LogP) is 4.09. The van der Waals surface area contributed by atoms with Gasteiger partial charge in [-0.1, -0.05) is 34.4 Å². The monoisotopic (exact) mass is 431 g/mol. The molecule has 0 bridgehead atoms. The first-order valence-electron chi connectivity index (χ1n) is 9.34.